The highest BCUT2D eigenvalue weighted by Crippen LogP contribution is 2.51. The van der Waals surface area contributed by atoms with Gasteiger partial charge < -0.3 is 49.3 Å². The molecule has 0 saturated carbocycles. The number of amides is 1. The first-order chi connectivity index (χ1) is 31.5. The molecule has 67 heavy (non-hydrogen) atoms. The quantitative estimate of drug-likeness (QED) is 0.0731. The summed E-state index contributed by atoms with van der Waals surface area (Å²) in [6.45, 7) is 27.9. The second-order valence-electron chi connectivity index (χ2n) is 19.6. The van der Waals surface area contributed by atoms with Crippen LogP contribution in [-0.4, -0.2) is 98.8 Å². The fraction of sp³-hybridized carbons (Fsp3) is 0.500. The Bertz CT molecular complexity index is 2710. The molecule has 9 atom stereocenters. The van der Waals surface area contributed by atoms with E-state index in [9.17, 15) is 34.8 Å². The number of aliphatic hydroxyl groups excluding tert-OH is 2. The van der Waals surface area contributed by atoms with Gasteiger partial charge in [0, 0.05) is 91.7 Å². The van der Waals surface area contributed by atoms with E-state index in [1.54, 1.807) is 51.1 Å². The molecule has 15 heteroatoms. The SMILES string of the molecule is C=C(C)O[C@H]1[C@H](C)[C@H](O)[C@H](C)[C@@H](O)C(C)/C=C/C=C(/C)C(=O)Nc2c3oc4cc(N5CCN(CC(C)C)CC5)cc(O)c4nc-3c3c4c(c(C)c(O)c3c2=O)O[C@](C)(O/C=C/[C@H](C)[C@H]1C)C4=O. The molecule has 5 bridgehead atoms. The molecule has 1 saturated heterocycles. The zero-order chi connectivity index (χ0) is 49.0. The number of nitrogens with zero attached hydrogens (tertiary/aromatic N) is 3. The largest absolute Gasteiger partial charge is 0.507 e. The normalized spacial score (nSPS) is 29.8. The number of rotatable bonds is 5. The number of piperazine rings is 1. The predicted octanol–water partition coefficient (Wildman–Crippen LogP) is 8.04. The Morgan fingerprint density at radius 2 is 1.64 bits per heavy atom. The third-order valence-corrected chi connectivity index (χ3v) is 14.0. The Labute approximate surface area is 391 Å². The number of phenolic OH excluding ortho intramolecular Hbond substituents is 2. The van der Waals surface area contributed by atoms with Gasteiger partial charge in [0.2, 0.25) is 5.43 Å². The Kier molecular flexibility index (Phi) is 13.9. The first kappa shape index (κ1) is 49.0. The lowest BCUT2D eigenvalue weighted by atomic mass is 9.77. The van der Waals surface area contributed by atoms with E-state index in [0.29, 0.717) is 30.5 Å². The van der Waals surface area contributed by atoms with Crippen LogP contribution in [-0.2, 0) is 14.3 Å². The van der Waals surface area contributed by atoms with Gasteiger partial charge >= 0.3 is 5.79 Å². The van der Waals surface area contributed by atoms with Gasteiger partial charge in [-0.1, -0.05) is 73.3 Å². The van der Waals surface area contributed by atoms with Gasteiger partial charge in [0.15, 0.2) is 11.3 Å². The monoisotopic (exact) mass is 922 g/mol. The number of ether oxygens (including phenoxy) is 3. The van der Waals surface area contributed by atoms with E-state index in [2.05, 4.69) is 35.5 Å². The average Bonchev–Trinajstić information content (AvgIpc) is 3.54. The summed E-state index contributed by atoms with van der Waals surface area (Å²) in [4.78, 5) is 53.1. The number of anilines is 2. The fourth-order valence-electron chi connectivity index (χ4n) is 9.67. The molecule has 1 aliphatic carbocycles. The third-order valence-electron chi connectivity index (χ3n) is 14.0. The molecule has 0 spiro atoms. The molecule has 5 N–H and O–H groups in total. The van der Waals surface area contributed by atoms with Crippen molar-refractivity contribution >= 4 is 44.9 Å². The lowest BCUT2D eigenvalue weighted by Gasteiger charge is -2.38. The maximum Gasteiger partial charge on any atom is 0.312 e. The number of phenols is 2. The van der Waals surface area contributed by atoms with Crippen molar-refractivity contribution in [1.82, 2.24) is 9.88 Å². The Morgan fingerprint density at radius 3 is 2.30 bits per heavy atom. The van der Waals surface area contributed by atoms with E-state index >= 15 is 0 Å². The number of benzene rings is 3. The smallest absolute Gasteiger partial charge is 0.312 e. The van der Waals surface area contributed by atoms with Gasteiger partial charge in [-0.3, -0.25) is 19.3 Å². The van der Waals surface area contributed by atoms with Crippen molar-refractivity contribution in [1.29, 1.82) is 0 Å². The second-order valence-corrected chi connectivity index (χ2v) is 19.6. The number of carbonyl (C=O) groups is 2. The van der Waals surface area contributed by atoms with E-state index in [1.807, 2.05) is 27.7 Å². The molecule has 2 aromatic carbocycles. The van der Waals surface area contributed by atoms with Crippen LogP contribution in [0.1, 0.15) is 85.2 Å². The highest BCUT2D eigenvalue weighted by atomic mass is 16.7. The number of Topliss-reactive ketones (excluding diaryl/α,β-unsaturated/α-hetero) is 1. The topological polar surface area (TPSA) is 204 Å². The van der Waals surface area contributed by atoms with E-state index in [1.165, 1.54) is 26.2 Å². The molecule has 5 heterocycles. The number of aromatic hydroxyl groups is 2. The third kappa shape index (κ3) is 9.25. The van der Waals surface area contributed by atoms with Crippen molar-refractivity contribution < 1.29 is 48.6 Å². The van der Waals surface area contributed by atoms with Crippen molar-refractivity contribution in [2.24, 2.45) is 35.5 Å². The average molecular weight is 923 g/mol. The molecular formula is C52H66N4O11. The minimum Gasteiger partial charge on any atom is -0.507 e. The minimum absolute atomic E-state index is 0.0212. The molecule has 360 valence electrons. The molecule has 15 nitrogen and oxygen atoms in total. The summed E-state index contributed by atoms with van der Waals surface area (Å²) in [5.41, 5.74) is -0.338. The number of aliphatic hydroxyl groups is 2. The van der Waals surface area contributed by atoms with Crippen LogP contribution in [0.4, 0.5) is 11.4 Å². The molecular weight excluding hydrogens is 857 g/mol. The van der Waals surface area contributed by atoms with E-state index in [-0.39, 0.29) is 79.0 Å². The number of nitrogens with one attached hydrogen (secondary N) is 1. The van der Waals surface area contributed by atoms with Gasteiger partial charge in [-0.05, 0) is 44.6 Å². The first-order valence-electron chi connectivity index (χ1n) is 23.3. The maximum atomic E-state index is 14.9. The Hall–Kier alpha value is -5.90. The van der Waals surface area contributed by atoms with Crippen LogP contribution < -0.4 is 20.4 Å². The van der Waals surface area contributed by atoms with Gasteiger partial charge in [-0.25, -0.2) is 4.98 Å². The standard InChI is InChI=1S/C52H66N4O11/c1-25(2)24-55-17-19-56(20-18-55)34-22-35(57)40-36(23-34)66-49-41(53-40)37-38-45(60)33(11)48-39(37)50(62)52(12,67-48)64-21-16-27(5)30(8)47(65-26(3)4)32(10)44(59)31(9)43(58)28(6)14-13-15-29(7)51(63)54-42(49)46(38)61/h13-16,21-23,25,27-28,30-32,43-44,47,57-60H,3,17-20,24H2,1-2,4-12H3,(H,54,63)/b14-13+,21-16+,29-15-/t27-,28?,30+,31+,32+,43-,44+,47+,52-/m0/s1. The summed E-state index contributed by atoms with van der Waals surface area (Å²) in [6, 6.07) is 3.32. The number of fused-ring (bicyclic) bond motifs is 14. The number of carbonyl (C=O) groups excluding carboxylic acids is 2. The highest BCUT2D eigenvalue weighted by molar-refractivity contribution is 6.22. The summed E-state index contributed by atoms with van der Waals surface area (Å²) < 4.78 is 25.2. The lowest BCUT2D eigenvalue weighted by Crippen LogP contribution is -2.47. The molecule has 5 aliphatic heterocycles. The van der Waals surface area contributed by atoms with Gasteiger partial charge in [0.25, 0.3) is 11.7 Å². The number of ketones is 1. The van der Waals surface area contributed by atoms with Crippen molar-refractivity contribution in [3.8, 4) is 28.7 Å². The highest BCUT2D eigenvalue weighted by Gasteiger charge is 2.50. The molecule has 1 fully saturated rings. The summed E-state index contributed by atoms with van der Waals surface area (Å²) in [6.07, 6.45) is 5.48. The maximum absolute atomic E-state index is 14.9. The molecule has 0 aromatic heterocycles. The molecule has 8 rings (SSSR count). The van der Waals surface area contributed by atoms with Crippen LogP contribution in [0.25, 0.3) is 33.3 Å². The first-order valence-corrected chi connectivity index (χ1v) is 23.3. The zero-order valence-electron chi connectivity index (χ0n) is 40.5. The van der Waals surface area contributed by atoms with Crippen LogP contribution >= 0.6 is 0 Å². The van der Waals surface area contributed by atoms with Crippen molar-refractivity contribution in [2.45, 2.75) is 100 Å². The van der Waals surface area contributed by atoms with E-state index in [0.717, 1.165) is 19.6 Å². The lowest BCUT2D eigenvalue weighted by molar-refractivity contribution is -0.112. The number of aromatic nitrogens is 1. The van der Waals surface area contributed by atoms with Crippen molar-refractivity contribution in [3.05, 3.63) is 82.0 Å². The summed E-state index contributed by atoms with van der Waals surface area (Å²) in [5, 5.41) is 48.9. The molecule has 1 unspecified atom stereocenters. The predicted molar refractivity (Wildman–Crippen MR) is 259 cm³/mol. The number of hydrogen-bond acceptors (Lipinski definition) is 14. The summed E-state index contributed by atoms with van der Waals surface area (Å²) in [5.74, 6) is -5.35. The van der Waals surface area contributed by atoms with Gasteiger partial charge in [-0.2, -0.15) is 0 Å². The zero-order valence-corrected chi connectivity index (χ0v) is 40.5. The second kappa shape index (κ2) is 19.0. The van der Waals surface area contributed by atoms with Crippen LogP contribution in [0.15, 0.2) is 69.8 Å². The van der Waals surface area contributed by atoms with Crippen LogP contribution in [0.3, 0.4) is 0 Å². The van der Waals surface area contributed by atoms with Crippen LogP contribution in [0.2, 0.25) is 0 Å². The number of allylic oxidation sites excluding steroid dienone is 4. The Morgan fingerprint density at radius 1 is 0.955 bits per heavy atom. The van der Waals surface area contributed by atoms with Gasteiger partial charge in [0.1, 0.15) is 40.3 Å². The molecule has 6 aliphatic rings. The van der Waals surface area contributed by atoms with E-state index in [4.69, 9.17) is 23.6 Å². The molecule has 1 amide bonds. The summed E-state index contributed by atoms with van der Waals surface area (Å²) in [7, 11) is 0. The van der Waals surface area contributed by atoms with Gasteiger partial charge in [0.05, 0.1) is 35.2 Å². The van der Waals surface area contributed by atoms with Crippen LogP contribution in [0.5, 0.6) is 17.2 Å². The van der Waals surface area contributed by atoms with E-state index < -0.39 is 64.7 Å². The molecule has 0 radical (unpaired) electrons. The van der Waals surface area contributed by atoms with Crippen LogP contribution in [0, 0.1) is 42.4 Å². The number of hydrogen-bond donors (Lipinski definition) is 5. The van der Waals surface area contributed by atoms with Gasteiger partial charge in [-0.15, -0.1) is 0 Å². The molecule has 2 aromatic rings. The summed E-state index contributed by atoms with van der Waals surface area (Å²) >= 11 is 0. The fourth-order valence-corrected chi connectivity index (χ4v) is 9.67. The van der Waals surface area contributed by atoms with Crippen molar-refractivity contribution in [2.75, 3.05) is 42.9 Å². The minimum atomic E-state index is -1.98. The Balaban J connectivity index is 1.42. The van der Waals surface area contributed by atoms with Crippen molar-refractivity contribution in [3.63, 3.8) is 0 Å².